The van der Waals surface area contributed by atoms with Gasteiger partial charge in [0.2, 0.25) is 0 Å². The fraction of sp³-hybridized carbons (Fsp3) is 0.875. The van der Waals surface area contributed by atoms with E-state index in [-0.39, 0.29) is 18.0 Å². The Morgan fingerprint density at radius 1 is 1.18 bits per heavy atom. The molecule has 1 aliphatic rings. The first-order valence-electron chi connectivity index (χ1n) is 3.83. The van der Waals surface area contributed by atoms with E-state index in [0.717, 1.165) is 6.42 Å². The van der Waals surface area contributed by atoms with Crippen molar-refractivity contribution in [2.24, 2.45) is 0 Å². The van der Waals surface area contributed by atoms with Crippen LogP contribution in [-0.4, -0.2) is 32.2 Å². The van der Waals surface area contributed by atoms with E-state index in [0.29, 0.717) is 12.8 Å². The predicted octanol–water partition coefficient (Wildman–Crippen LogP) is 0.769. The Balaban J connectivity index is 2.43. The predicted molar refractivity (Wildman–Crippen MR) is 40.5 cm³/mol. The van der Waals surface area contributed by atoms with Gasteiger partial charge in [0.1, 0.15) is 5.78 Å². The Labute approximate surface area is 66.7 Å². The zero-order chi connectivity index (χ0) is 8.27. The lowest BCUT2D eigenvalue weighted by Gasteiger charge is -2.25. The maximum atomic E-state index is 11.0. The smallest absolute Gasteiger partial charge is 0.138 e. The molecule has 0 amide bonds. The summed E-state index contributed by atoms with van der Waals surface area (Å²) in [5.74, 6) is 0.245. The number of methoxy groups -OCH3 is 2. The molecule has 0 N–H and O–H groups in total. The monoisotopic (exact) mass is 158 g/mol. The van der Waals surface area contributed by atoms with E-state index in [1.807, 2.05) is 0 Å². The van der Waals surface area contributed by atoms with Crippen molar-refractivity contribution in [2.45, 2.75) is 31.5 Å². The van der Waals surface area contributed by atoms with Crippen LogP contribution in [0.1, 0.15) is 19.3 Å². The molecule has 0 aromatic carbocycles. The molecule has 11 heavy (non-hydrogen) atoms. The molecule has 0 bridgehead atoms. The maximum Gasteiger partial charge on any atom is 0.138 e. The molecular weight excluding hydrogens is 144 g/mol. The molecule has 1 saturated carbocycles. The van der Waals surface area contributed by atoms with Crippen molar-refractivity contribution < 1.29 is 14.3 Å². The molecule has 64 valence electrons. The summed E-state index contributed by atoms with van der Waals surface area (Å²) >= 11 is 0. The van der Waals surface area contributed by atoms with E-state index < -0.39 is 0 Å². The lowest BCUT2D eigenvalue weighted by atomic mass is 9.94. The van der Waals surface area contributed by atoms with Gasteiger partial charge in [0.15, 0.2) is 0 Å². The molecular formula is C8H14O3. The van der Waals surface area contributed by atoms with E-state index in [2.05, 4.69) is 0 Å². The van der Waals surface area contributed by atoms with E-state index in [1.54, 1.807) is 14.2 Å². The number of rotatable bonds is 2. The second kappa shape index (κ2) is 3.83. The Morgan fingerprint density at radius 2 is 1.64 bits per heavy atom. The summed E-state index contributed by atoms with van der Waals surface area (Å²) in [5, 5.41) is 0. The van der Waals surface area contributed by atoms with Crippen LogP contribution in [0.5, 0.6) is 0 Å². The van der Waals surface area contributed by atoms with Crippen molar-refractivity contribution in [2.75, 3.05) is 14.2 Å². The van der Waals surface area contributed by atoms with Gasteiger partial charge in [0.25, 0.3) is 0 Å². The fourth-order valence-corrected chi connectivity index (χ4v) is 1.41. The first kappa shape index (κ1) is 8.68. The first-order valence-corrected chi connectivity index (χ1v) is 3.83. The van der Waals surface area contributed by atoms with E-state index >= 15 is 0 Å². The number of hydrogen-bond donors (Lipinski definition) is 0. The molecule has 1 rings (SSSR count). The van der Waals surface area contributed by atoms with Gasteiger partial charge >= 0.3 is 0 Å². The van der Waals surface area contributed by atoms with Gasteiger partial charge in [-0.15, -0.1) is 0 Å². The average molecular weight is 158 g/mol. The summed E-state index contributed by atoms with van der Waals surface area (Å²) in [5.41, 5.74) is 0. The average Bonchev–Trinajstić information content (AvgIpc) is 2.03. The third-order valence-electron chi connectivity index (χ3n) is 2.10. The van der Waals surface area contributed by atoms with Crippen molar-refractivity contribution in [3.05, 3.63) is 0 Å². The van der Waals surface area contributed by atoms with Gasteiger partial charge in [-0.25, -0.2) is 0 Å². The van der Waals surface area contributed by atoms with Gasteiger partial charge in [0.05, 0.1) is 12.2 Å². The molecule has 1 aliphatic carbocycles. The van der Waals surface area contributed by atoms with Crippen molar-refractivity contribution >= 4 is 5.78 Å². The Kier molecular flexibility index (Phi) is 3.02. The highest BCUT2D eigenvalue weighted by molar-refractivity contribution is 5.80. The number of ether oxygens (including phenoxy) is 2. The fourth-order valence-electron chi connectivity index (χ4n) is 1.41. The topological polar surface area (TPSA) is 35.5 Å². The van der Waals surface area contributed by atoms with Crippen LogP contribution >= 0.6 is 0 Å². The minimum atomic E-state index is 0.0706. The summed E-state index contributed by atoms with van der Waals surface area (Å²) in [6, 6.07) is 0. The molecule has 2 atom stereocenters. The molecule has 3 heteroatoms. The maximum absolute atomic E-state index is 11.0. The van der Waals surface area contributed by atoms with Crippen molar-refractivity contribution in [1.29, 1.82) is 0 Å². The van der Waals surface area contributed by atoms with Crippen LogP contribution in [-0.2, 0) is 14.3 Å². The number of Topliss-reactive ketones (excluding diaryl/α,β-unsaturated/α-hetero) is 1. The van der Waals surface area contributed by atoms with Crippen molar-refractivity contribution in [3.63, 3.8) is 0 Å². The van der Waals surface area contributed by atoms with E-state index in [4.69, 9.17) is 9.47 Å². The third-order valence-corrected chi connectivity index (χ3v) is 2.10. The largest absolute Gasteiger partial charge is 0.381 e. The number of carbonyl (C=O) groups excluding carboxylic acids is 1. The van der Waals surface area contributed by atoms with Gasteiger partial charge in [-0.3, -0.25) is 4.79 Å². The molecule has 0 saturated heterocycles. The molecule has 0 heterocycles. The molecule has 3 nitrogen and oxygen atoms in total. The standard InChI is InChI=1S/C8H14O3/c1-10-7-3-6(9)4-8(5-7)11-2/h7-8H,3-5H2,1-2H3/t7-,8-/m1/s1. The number of carbonyl (C=O) groups is 1. The Bertz CT molecular complexity index is 130. The van der Waals surface area contributed by atoms with Crippen LogP contribution in [0.15, 0.2) is 0 Å². The minimum Gasteiger partial charge on any atom is -0.381 e. The SMILES string of the molecule is CO[C@@H]1CC(=O)C[C@@H](OC)C1. The molecule has 0 spiro atoms. The van der Waals surface area contributed by atoms with Gasteiger partial charge in [-0.1, -0.05) is 0 Å². The lowest BCUT2D eigenvalue weighted by molar-refractivity contribution is -0.129. The van der Waals surface area contributed by atoms with Gasteiger partial charge in [0, 0.05) is 33.5 Å². The summed E-state index contributed by atoms with van der Waals surface area (Å²) in [6.45, 7) is 0. The van der Waals surface area contributed by atoms with Crippen LogP contribution in [0.25, 0.3) is 0 Å². The molecule has 0 unspecified atom stereocenters. The summed E-state index contributed by atoms with van der Waals surface area (Å²) in [6.07, 6.45) is 2.09. The van der Waals surface area contributed by atoms with E-state index in [9.17, 15) is 4.79 Å². The van der Waals surface area contributed by atoms with Crippen molar-refractivity contribution in [1.82, 2.24) is 0 Å². The minimum absolute atomic E-state index is 0.0706. The molecule has 0 aromatic heterocycles. The van der Waals surface area contributed by atoms with Crippen LogP contribution in [0.3, 0.4) is 0 Å². The highest BCUT2D eigenvalue weighted by atomic mass is 16.5. The van der Waals surface area contributed by atoms with Crippen molar-refractivity contribution in [3.8, 4) is 0 Å². The quantitative estimate of drug-likeness (QED) is 0.595. The number of hydrogen-bond acceptors (Lipinski definition) is 3. The third kappa shape index (κ3) is 2.27. The molecule has 0 radical (unpaired) electrons. The van der Waals surface area contributed by atoms with Gasteiger partial charge in [-0.2, -0.15) is 0 Å². The number of ketones is 1. The Morgan fingerprint density at radius 3 is 2.00 bits per heavy atom. The summed E-state index contributed by atoms with van der Waals surface area (Å²) in [7, 11) is 3.27. The first-order chi connectivity index (χ1) is 5.26. The van der Waals surface area contributed by atoms with Gasteiger partial charge < -0.3 is 9.47 Å². The van der Waals surface area contributed by atoms with Crippen LogP contribution in [0, 0.1) is 0 Å². The molecule has 0 aliphatic heterocycles. The van der Waals surface area contributed by atoms with Crippen LogP contribution in [0.4, 0.5) is 0 Å². The zero-order valence-corrected chi connectivity index (χ0v) is 7.00. The summed E-state index contributed by atoms with van der Waals surface area (Å²) in [4.78, 5) is 11.0. The molecule has 0 aromatic rings. The van der Waals surface area contributed by atoms with Gasteiger partial charge in [-0.05, 0) is 0 Å². The van der Waals surface area contributed by atoms with Crippen LogP contribution < -0.4 is 0 Å². The Hall–Kier alpha value is -0.410. The zero-order valence-electron chi connectivity index (χ0n) is 7.00. The highest BCUT2D eigenvalue weighted by Crippen LogP contribution is 2.19. The second-order valence-corrected chi connectivity index (χ2v) is 2.90. The van der Waals surface area contributed by atoms with E-state index in [1.165, 1.54) is 0 Å². The van der Waals surface area contributed by atoms with Crippen LogP contribution in [0.2, 0.25) is 0 Å². The summed E-state index contributed by atoms with van der Waals surface area (Å²) < 4.78 is 10.2. The second-order valence-electron chi connectivity index (χ2n) is 2.90. The lowest BCUT2D eigenvalue weighted by Crippen LogP contribution is -2.32. The highest BCUT2D eigenvalue weighted by Gasteiger charge is 2.26. The normalized spacial score (nSPS) is 32.4. The molecule has 1 fully saturated rings.